The first kappa shape index (κ1) is 23.3. The van der Waals surface area contributed by atoms with Crippen molar-refractivity contribution in [1.29, 1.82) is 0 Å². The van der Waals surface area contributed by atoms with Gasteiger partial charge in [-0.1, -0.05) is 66.7 Å². The third-order valence-electron chi connectivity index (χ3n) is 6.30. The number of rotatable bonds is 7. The molecule has 1 fully saturated rings. The zero-order valence-corrected chi connectivity index (χ0v) is 19.8. The van der Waals surface area contributed by atoms with Gasteiger partial charge in [-0.2, -0.15) is 0 Å². The normalized spacial score (nSPS) is 16.1. The summed E-state index contributed by atoms with van der Waals surface area (Å²) in [6.45, 7) is 1.75. The van der Waals surface area contributed by atoms with E-state index in [-0.39, 0.29) is 24.7 Å². The third-order valence-corrected chi connectivity index (χ3v) is 6.30. The second-order valence-corrected chi connectivity index (χ2v) is 8.79. The van der Waals surface area contributed by atoms with Crippen LogP contribution in [0.25, 0.3) is 10.8 Å². The molecule has 0 spiro atoms. The predicted molar refractivity (Wildman–Crippen MR) is 137 cm³/mol. The summed E-state index contributed by atoms with van der Waals surface area (Å²) in [7, 11) is 0. The molecule has 0 bridgehead atoms. The number of hydrogen-bond acceptors (Lipinski definition) is 5. The van der Waals surface area contributed by atoms with E-state index in [1.165, 1.54) is 0 Å². The van der Waals surface area contributed by atoms with Gasteiger partial charge in [-0.3, -0.25) is 14.4 Å². The zero-order valence-electron chi connectivity index (χ0n) is 19.8. The second-order valence-electron chi connectivity index (χ2n) is 8.79. The van der Waals surface area contributed by atoms with E-state index in [0.29, 0.717) is 17.0 Å². The molecule has 1 aliphatic heterocycles. The van der Waals surface area contributed by atoms with Gasteiger partial charge >= 0.3 is 5.97 Å². The maximum Gasteiger partial charge on any atom is 0.312 e. The summed E-state index contributed by atoms with van der Waals surface area (Å²) >= 11 is 0. The molecule has 0 aromatic heterocycles. The predicted octanol–water partition coefficient (Wildman–Crippen LogP) is 5.80. The van der Waals surface area contributed by atoms with E-state index < -0.39 is 18.0 Å². The smallest absolute Gasteiger partial charge is 0.312 e. The Labute approximate surface area is 209 Å². The van der Waals surface area contributed by atoms with Gasteiger partial charge in [-0.25, -0.2) is 0 Å². The Hall–Kier alpha value is -4.45. The van der Waals surface area contributed by atoms with E-state index in [4.69, 9.17) is 9.47 Å². The van der Waals surface area contributed by atoms with Gasteiger partial charge in [0.1, 0.15) is 11.5 Å². The molecule has 36 heavy (non-hydrogen) atoms. The molecule has 1 saturated heterocycles. The number of ketones is 1. The first-order chi connectivity index (χ1) is 17.5. The topological polar surface area (TPSA) is 72.9 Å². The summed E-state index contributed by atoms with van der Waals surface area (Å²) in [5.74, 6) is -0.215. The van der Waals surface area contributed by atoms with Crippen LogP contribution in [-0.2, 0) is 14.3 Å². The standard InChI is InChI=1S/C30H25NO5/c1-20(29(33)22-9-3-2-4-10-22)35-30(34)23-18-28(32)31(19-23)24-14-16-25(17-15-24)36-27-13-7-11-21-8-5-6-12-26(21)27/h2-17,20,23H,18-19H2,1H3/t20-,23+/m0/s1. The monoisotopic (exact) mass is 479 g/mol. The van der Waals surface area contributed by atoms with Gasteiger partial charge in [0.05, 0.1) is 5.92 Å². The average Bonchev–Trinajstić information content (AvgIpc) is 3.31. The molecular weight excluding hydrogens is 454 g/mol. The molecule has 4 aromatic carbocycles. The average molecular weight is 480 g/mol. The molecule has 0 unspecified atom stereocenters. The molecule has 1 aliphatic rings. The summed E-state index contributed by atoms with van der Waals surface area (Å²) in [5, 5.41) is 2.10. The fraction of sp³-hybridized carbons (Fsp3) is 0.167. The molecule has 0 saturated carbocycles. The highest BCUT2D eigenvalue weighted by molar-refractivity contribution is 6.02. The van der Waals surface area contributed by atoms with Crippen LogP contribution in [0.3, 0.4) is 0 Å². The number of esters is 1. The van der Waals surface area contributed by atoms with Gasteiger partial charge in [0, 0.05) is 29.6 Å². The lowest BCUT2D eigenvalue weighted by Gasteiger charge is -2.18. The molecule has 1 amide bonds. The van der Waals surface area contributed by atoms with Crippen LogP contribution in [0.1, 0.15) is 23.7 Å². The number of Topliss-reactive ketones (excluding diaryl/α,β-unsaturated/α-hetero) is 1. The van der Waals surface area contributed by atoms with Gasteiger partial charge in [0.2, 0.25) is 11.7 Å². The number of anilines is 1. The van der Waals surface area contributed by atoms with Crippen LogP contribution < -0.4 is 9.64 Å². The Bertz CT molecular complexity index is 1410. The molecule has 2 atom stereocenters. The largest absolute Gasteiger partial charge is 0.457 e. The highest BCUT2D eigenvalue weighted by atomic mass is 16.5. The van der Waals surface area contributed by atoms with Crippen LogP contribution in [0.4, 0.5) is 5.69 Å². The maximum atomic E-state index is 12.7. The third kappa shape index (κ3) is 4.84. The maximum absolute atomic E-state index is 12.7. The van der Waals surface area contributed by atoms with Crippen molar-refractivity contribution in [3.63, 3.8) is 0 Å². The number of ether oxygens (including phenoxy) is 2. The van der Waals surface area contributed by atoms with Crippen LogP contribution in [0.2, 0.25) is 0 Å². The van der Waals surface area contributed by atoms with E-state index >= 15 is 0 Å². The molecule has 180 valence electrons. The summed E-state index contributed by atoms with van der Waals surface area (Å²) < 4.78 is 11.5. The Morgan fingerprint density at radius 1 is 0.861 bits per heavy atom. The minimum Gasteiger partial charge on any atom is -0.457 e. The van der Waals surface area contributed by atoms with Gasteiger partial charge in [0.25, 0.3) is 0 Å². The summed E-state index contributed by atoms with van der Waals surface area (Å²) in [5.41, 5.74) is 1.15. The lowest BCUT2D eigenvalue weighted by Crippen LogP contribution is -2.30. The first-order valence-electron chi connectivity index (χ1n) is 11.9. The van der Waals surface area contributed by atoms with Gasteiger partial charge < -0.3 is 14.4 Å². The molecule has 5 rings (SSSR count). The number of nitrogens with zero attached hydrogens (tertiary/aromatic N) is 1. The molecule has 0 N–H and O–H groups in total. The highest BCUT2D eigenvalue weighted by Gasteiger charge is 2.37. The number of carbonyl (C=O) groups is 3. The van der Waals surface area contributed by atoms with E-state index in [0.717, 1.165) is 16.5 Å². The number of hydrogen-bond donors (Lipinski definition) is 0. The van der Waals surface area contributed by atoms with Crippen molar-refractivity contribution in [3.8, 4) is 11.5 Å². The minimum absolute atomic E-state index is 0.0410. The van der Waals surface area contributed by atoms with E-state index in [2.05, 4.69) is 0 Å². The molecule has 1 heterocycles. The fourth-order valence-corrected chi connectivity index (χ4v) is 4.38. The van der Waals surface area contributed by atoms with Crippen LogP contribution in [0.5, 0.6) is 11.5 Å². The number of amides is 1. The van der Waals surface area contributed by atoms with Crippen molar-refractivity contribution in [2.24, 2.45) is 5.92 Å². The zero-order chi connectivity index (χ0) is 25.1. The van der Waals surface area contributed by atoms with Crippen molar-refractivity contribution in [3.05, 3.63) is 103 Å². The minimum atomic E-state index is -0.922. The second kappa shape index (κ2) is 10.0. The Morgan fingerprint density at radius 2 is 1.56 bits per heavy atom. The lowest BCUT2D eigenvalue weighted by molar-refractivity contribution is -0.151. The van der Waals surface area contributed by atoms with Crippen molar-refractivity contribution < 1.29 is 23.9 Å². The Morgan fingerprint density at radius 3 is 2.33 bits per heavy atom. The van der Waals surface area contributed by atoms with Gasteiger partial charge in [-0.15, -0.1) is 0 Å². The Balaban J connectivity index is 1.22. The van der Waals surface area contributed by atoms with Gasteiger partial charge in [-0.05, 0) is 42.6 Å². The molecule has 0 radical (unpaired) electrons. The molecule has 0 aliphatic carbocycles. The van der Waals surface area contributed by atoms with Crippen molar-refractivity contribution in [2.45, 2.75) is 19.4 Å². The summed E-state index contributed by atoms with van der Waals surface area (Å²) in [6, 6.07) is 29.8. The van der Waals surface area contributed by atoms with Crippen LogP contribution in [-0.4, -0.2) is 30.3 Å². The molecule has 4 aromatic rings. The van der Waals surface area contributed by atoms with E-state index in [1.54, 1.807) is 60.4 Å². The van der Waals surface area contributed by atoms with Crippen LogP contribution in [0, 0.1) is 5.92 Å². The molecule has 6 heteroatoms. The molecular formula is C30H25NO5. The lowest BCUT2D eigenvalue weighted by atomic mass is 10.1. The molecule has 6 nitrogen and oxygen atoms in total. The number of benzene rings is 4. The number of fused-ring (bicyclic) bond motifs is 1. The quantitative estimate of drug-likeness (QED) is 0.247. The van der Waals surface area contributed by atoms with Crippen LogP contribution >= 0.6 is 0 Å². The SMILES string of the molecule is C[C@H](OC(=O)[C@@H]1CC(=O)N(c2ccc(Oc3cccc4ccccc34)cc2)C1)C(=O)c1ccccc1. The van der Waals surface area contributed by atoms with Gasteiger partial charge in [0.15, 0.2) is 6.10 Å². The van der Waals surface area contributed by atoms with Crippen LogP contribution in [0.15, 0.2) is 97.1 Å². The summed E-state index contributed by atoms with van der Waals surface area (Å²) in [4.78, 5) is 39.5. The van der Waals surface area contributed by atoms with Crippen molar-refractivity contribution in [2.75, 3.05) is 11.4 Å². The van der Waals surface area contributed by atoms with Crippen molar-refractivity contribution >= 4 is 34.1 Å². The van der Waals surface area contributed by atoms with Crippen molar-refractivity contribution in [1.82, 2.24) is 0 Å². The first-order valence-corrected chi connectivity index (χ1v) is 11.9. The van der Waals surface area contributed by atoms with E-state index in [1.807, 2.05) is 48.5 Å². The summed E-state index contributed by atoms with van der Waals surface area (Å²) in [6.07, 6.45) is -0.881. The number of carbonyl (C=O) groups excluding carboxylic acids is 3. The van der Waals surface area contributed by atoms with E-state index in [9.17, 15) is 14.4 Å². The fourth-order valence-electron chi connectivity index (χ4n) is 4.38. The highest BCUT2D eigenvalue weighted by Crippen LogP contribution is 2.32. The Kier molecular flexibility index (Phi) is 6.50.